The lowest BCUT2D eigenvalue weighted by Gasteiger charge is -2.21. The molecule has 1 aromatic carbocycles. The van der Waals surface area contributed by atoms with Gasteiger partial charge in [-0.1, -0.05) is 0 Å². The number of nitrogens with zero attached hydrogens (tertiary/aromatic N) is 2. The van der Waals surface area contributed by atoms with E-state index in [1.807, 2.05) is 12.4 Å². The van der Waals surface area contributed by atoms with Crippen LogP contribution in [0.5, 0.6) is 0 Å². The molecule has 0 aliphatic carbocycles. The lowest BCUT2D eigenvalue weighted by Crippen LogP contribution is -2.19. The highest BCUT2D eigenvalue weighted by atomic mass is 15.1. The average Bonchev–Trinajstić information content (AvgIpc) is 2.81. The Morgan fingerprint density at radius 2 is 2.00 bits per heavy atom. The van der Waals surface area contributed by atoms with E-state index in [2.05, 4.69) is 41.9 Å². The van der Waals surface area contributed by atoms with Crippen LogP contribution < -0.4 is 10.6 Å². The van der Waals surface area contributed by atoms with E-state index in [1.165, 1.54) is 27.9 Å². The standard InChI is InChI=1S/C16H19N3/c1-11-9-15-14(12(2)16(11)17)5-8-19(15)10-13-3-6-18-7-4-13/h3-4,6-7,9H,5,8,10,17H2,1-2H3. The van der Waals surface area contributed by atoms with Crippen LogP contribution in [0.3, 0.4) is 0 Å². The van der Waals surface area contributed by atoms with E-state index >= 15 is 0 Å². The number of anilines is 2. The second kappa shape index (κ2) is 4.57. The predicted molar refractivity (Wildman–Crippen MR) is 79.3 cm³/mol. The van der Waals surface area contributed by atoms with E-state index in [4.69, 9.17) is 5.73 Å². The van der Waals surface area contributed by atoms with Gasteiger partial charge in [0.05, 0.1) is 0 Å². The summed E-state index contributed by atoms with van der Waals surface area (Å²) in [5, 5.41) is 0. The van der Waals surface area contributed by atoms with Crippen LogP contribution in [0.2, 0.25) is 0 Å². The zero-order chi connectivity index (χ0) is 13.4. The van der Waals surface area contributed by atoms with Gasteiger partial charge in [0.25, 0.3) is 0 Å². The normalized spacial score (nSPS) is 13.7. The molecule has 2 aromatic rings. The third-order valence-electron chi connectivity index (χ3n) is 4.04. The van der Waals surface area contributed by atoms with Crippen LogP contribution in [0.4, 0.5) is 11.4 Å². The van der Waals surface area contributed by atoms with Gasteiger partial charge in [0.1, 0.15) is 0 Å². The second-order valence-electron chi connectivity index (χ2n) is 5.26. The van der Waals surface area contributed by atoms with Gasteiger partial charge in [0.2, 0.25) is 0 Å². The lowest BCUT2D eigenvalue weighted by molar-refractivity contribution is 0.834. The Morgan fingerprint density at radius 3 is 2.74 bits per heavy atom. The Bertz CT molecular complexity index is 605. The minimum Gasteiger partial charge on any atom is -0.398 e. The quantitative estimate of drug-likeness (QED) is 0.837. The monoisotopic (exact) mass is 253 g/mol. The van der Waals surface area contributed by atoms with Gasteiger partial charge in [-0.2, -0.15) is 0 Å². The smallest absolute Gasteiger partial charge is 0.0430 e. The first kappa shape index (κ1) is 12.0. The van der Waals surface area contributed by atoms with Crippen molar-refractivity contribution in [3.05, 3.63) is 52.8 Å². The first-order valence-electron chi connectivity index (χ1n) is 6.69. The zero-order valence-corrected chi connectivity index (χ0v) is 11.5. The summed E-state index contributed by atoms with van der Waals surface area (Å²) < 4.78 is 0. The highest BCUT2D eigenvalue weighted by Gasteiger charge is 2.22. The Hall–Kier alpha value is -2.03. The number of pyridine rings is 1. The van der Waals surface area contributed by atoms with Crippen LogP contribution in [0, 0.1) is 13.8 Å². The van der Waals surface area contributed by atoms with E-state index in [9.17, 15) is 0 Å². The maximum atomic E-state index is 6.13. The number of benzene rings is 1. The number of aryl methyl sites for hydroxylation is 1. The van der Waals surface area contributed by atoms with Crippen molar-refractivity contribution < 1.29 is 0 Å². The van der Waals surface area contributed by atoms with Gasteiger partial charge in [0.15, 0.2) is 0 Å². The lowest BCUT2D eigenvalue weighted by atomic mass is 10.0. The molecule has 98 valence electrons. The molecule has 3 nitrogen and oxygen atoms in total. The Labute approximate surface area is 114 Å². The van der Waals surface area contributed by atoms with E-state index in [-0.39, 0.29) is 0 Å². The molecule has 0 saturated heterocycles. The fraction of sp³-hybridized carbons (Fsp3) is 0.312. The Balaban J connectivity index is 1.94. The Morgan fingerprint density at radius 1 is 1.26 bits per heavy atom. The number of hydrogen-bond donors (Lipinski definition) is 1. The molecule has 0 atom stereocenters. The summed E-state index contributed by atoms with van der Waals surface area (Å²) in [7, 11) is 0. The minimum atomic E-state index is 0.943. The summed E-state index contributed by atoms with van der Waals surface area (Å²) in [5.41, 5.74) is 13.6. The topological polar surface area (TPSA) is 42.1 Å². The maximum absolute atomic E-state index is 6.13. The van der Waals surface area contributed by atoms with Crippen molar-refractivity contribution >= 4 is 11.4 Å². The minimum absolute atomic E-state index is 0.943. The van der Waals surface area contributed by atoms with Crippen LogP contribution in [0.1, 0.15) is 22.3 Å². The molecular formula is C16H19N3. The van der Waals surface area contributed by atoms with Crippen LogP contribution >= 0.6 is 0 Å². The highest BCUT2D eigenvalue weighted by Crippen LogP contribution is 2.36. The van der Waals surface area contributed by atoms with Crippen molar-refractivity contribution in [2.75, 3.05) is 17.2 Å². The van der Waals surface area contributed by atoms with Gasteiger partial charge >= 0.3 is 0 Å². The SMILES string of the molecule is Cc1cc2c(c(C)c1N)CCN2Cc1ccncc1. The molecule has 0 amide bonds. The molecule has 1 aliphatic rings. The second-order valence-corrected chi connectivity index (χ2v) is 5.26. The molecule has 2 heterocycles. The van der Waals surface area contributed by atoms with Gasteiger partial charge in [-0.25, -0.2) is 0 Å². The molecule has 19 heavy (non-hydrogen) atoms. The number of rotatable bonds is 2. The van der Waals surface area contributed by atoms with Crippen LogP contribution in [0.25, 0.3) is 0 Å². The predicted octanol–water partition coefficient (Wildman–Crippen LogP) is 2.84. The summed E-state index contributed by atoms with van der Waals surface area (Å²) in [6.07, 6.45) is 4.80. The third kappa shape index (κ3) is 2.05. The van der Waals surface area contributed by atoms with Gasteiger partial charge in [-0.15, -0.1) is 0 Å². The van der Waals surface area contributed by atoms with Crippen molar-refractivity contribution in [3.63, 3.8) is 0 Å². The number of nitrogens with two attached hydrogens (primary N) is 1. The summed E-state index contributed by atoms with van der Waals surface area (Å²) in [6, 6.07) is 6.38. The van der Waals surface area contributed by atoms with E-state index < -0.39 is 0 Å². The number of aromatic nitrogens is 1. The van der Waals surface area contributed by atoms with Crippen molar-refractivity contribution in [3.8, 4) is 0 Å². The van der Waals surface area contributed by atoms with Gasteiger partial charge in [0, 0.05) is 36.9 Å². The maximum Gasteiger partial charge on any atom is 0.0430 e. The molecular weight excluding hydrogens is 234 g/mol. The first-order valence-corrected chi connectivity index (χ1v) is 6.69. The van der Waals surface area contributed by atoms with E-state index in [1.54, 1.807) is 0 Å². The van der Waals surface area contributed by atoms with Crippen molar-refractivity contribution in [1.82, 2.24) is 4.98 Å². The van der Waals surface area contributed by atoms with Crippen LogP contribution in [-0.4, -0.2) is 11.5 Å². The molecule has 0 spiro atoms. The zero-order valence-electron chi connectivity index (χ0n) is 11.5. The van der Waals surface area contributed by atoms with E-state index in [0.717, 1.165) is 25.2 Å². The number of nitrogen functional groups attached to an aromatic ring is 1. The summed E-state index contributed by atoms with van der Waals surface area (Å²) >= 11 is 0. The largest absolute Gasteiger partial charge is 0.398 e. The Kier molecular flexibility index (Phi) is 2.90. The molecule has 0 radical (unpaired) electrons. The van der Waals surface area contributed by atoms with E-state index in [0.29, 0.717) is 0 Å². The van der Waals surface area contributed by atoms with Crippen molar-refractivity contribution in [1.29, 1.82) is 0 Å². The molecule has 0 fully saturated rings. The fourth-order valence-electron chi connectivity index (χ4n) is 2.86. The van der Waals surface area contributed by atoms with Gasteiger partial charge < -0.3 is 10.6 Å². The number of fused-ring (bicyclic) bond motifs is 1. The molecule has 3 rings (SSSR count). The molecule has 0 saturated carbocycles. The molecule has 0 bridgehead atoms. The first-order chi connectivity index (χ1) is 9.16. The average molecular weight is 253 g/mol. The summed E-state index contributed by atoms with van der Waals surface area (Å²) in [6.45, 7) is 6.24. The van der Waals surface area contributed by atoms with Crippen molar-refractivity contribution in [2.45, 2.75) is 26.8 Å². The number of hydrogen-bond acceptors (Lipinski definition) is 3. The molecule has 0 unspecified atom stereocenters. The fourth-order valence-corrected chi connectivity index (χ4v) is 2.86. The summed E-state index contributed by atoms with van der Waals surface area (Å²) in [5.74, 6) is 0. The van der Waals surface area contributed by atoms with Crippen LogP contribution in [0.15, 0.2) is 30.6 Å². The highest BCUT2D eigenvalue weighted by molar-refractivity contribution is 5.70. The van der Waals surface area contributed by atoms with Crippen molar-refractivity contribution in [2.24, 2.45) is 0 Å². The molecule has 2 N–H and O–H groups in total. The van der Waals surface area contributed by atoms with Crippen LogP contribution in [-0.2, 0) is 13.0 Å². The van der Waals surface area contributed by atoms with Gasteiger partial charge in [-0.05, 0) is 60.7 Å². The van der Waals surface area contributed by atoms with Gasteiger partial charge in [-0.3, -0.25) is 4.98 Å². The molecule has 3 heteroatoms. The molecule has 1 aliphatic heterocycles. The summed E-state index contributed by atoms with van der Waals surface area (Å²) in [4.78, 5) is 6.50. The third-order valence-corrected chi connectivity index (χ3v) is 4.04. The molecule has 1 aromatic heterocycles.